The second kappa shape index (κ2) is 10.7. The van der Waals surface area contributed by atoms with Crippen LogP contribution in [0, 0.1) is 0 Å². The van der Waals surface area contributed by atoms with Gasteiger partial charge in [-0.1, -0.05) is 89.0 Å². The molecule has 144 valence electrons. The Hall–Kier alpha value is -1.39. The molecule has 2 rings (SSSR count). The van der Waals surface area contributed by atoms with Crippen molar-refractivity contribution < 1.29 is 13.0 Å². The topological polar surface area (TPSA) is 54.4 Å². The van der Waals surface area contributed by atoms with Crippen LogP contribution in [0.1, 0.15) is 76.7 Å². The summed E-state index contributed by atoms with van der Waals surface area (Å²) in [5, 5.41) is 1.45. The van der Waals surface area contributed by atoms with E-state index in [2.05, 4.69) is 13.0 Å². The minimum atomic E-state index is -4.19. The third-order valence-electron chi connectivity index (χ3n) is 5.00. The van der Waals surface area contributed by atoms with Gasteiger partial charge in [0, 0.05) is 5.39 Å². The van der Waals surface area contributed by atoms with Gasteiger partial charge in [-0.25, -0.2) is 0 Å². The van der Waals surface area contributed by atoms with Gasteiger partial charge in [0.2, 0.25) is 0 Å². The smallest absolute Gasteiger partial charge is 0.282 e. The molecule has 0 radical (unpaired) electrons. The lowest BCUT2D eigenvalue weighted by Crippen LogP contribution is -1.99. The molecule has 0 heterocycles. The molecule has 0 bridgehead atoms. The molecule has 0 unspecified atom stereocenters. The summed E-state index contributed by atoms with van der Waals surface area (Å²) in [6.45, 7) is 2.25. The van der Waals surface area contributed by atoms with Gasteiger partial charge >= 0.3 is 0 Å². The highest BCUT2D eigenvalue weighted by atomic mass is 32.2. The van der Waals surface area contributed by atoms with Crippen LogP contribution in [0.2, 0.25) is 0 Å². The number of benzene rings is 2. The zero-order chi connectivity index (χ0) is 18.8. The molecule has 0 fully saturated rings. The number of hydrogen-bond acceptors (Lipinski definition) is 2. The van der Waals surface area contributed by atoms with Crippen molar-refractivity contribution >= 4 is 20.9 Å². The third-order valence-corrected chi connectivity index (χ3v) is 5.92. The maximum atomic E-state index is 11.6. The molecule has 1 N–H and O–H groups in total. The van der Waals surface area contributed by atoms with E-state index in [-0.39, 0.29) is 4.90 Å². The quantitative estimate of drug-likeness (QED) is 0.337. The van der Waals surface area contributed by atoms with Crippen molar-refractivity contribution in [2.24, 2.45) is 0 Å². The van der Waals surface area contributed by atoms with E-state index in [0.29, 0.717) is 5.39 Å². The van der Waals surface area contributed by atoms with Crippen LogP contribution < -0.4 is 0 Å². The van der Waals surface area contributed by atoms with Crippen LogP contribution in [0.15, 0.2) is 41.3 Å². The Morgan fingerprint density at radius 1 is 0.808 bits per heavy atom. The molecule has 0 aliphatic carbocycles. The lowest BCUT2D eigenvalue weighted by molar-refractivity contribution is 0.484. The van der Waals surface area contributed by atoms with Crippen LogP contribution in [0.4, 0.5) is 0 Å². The van der Waals surface area contributed by atoms with E-state index < -0.39 is 10.1 Å². The molecule has 0 aliphatic heterocycles. The van der Waals surface area contributed by atoms with E-state index in [1.807, 2.05) is 18.2 Å². The molecule has 0 spiro atoms. The highest BCUT2D eigenvalue weighted by molar-refractivity contribution is 7.86. The summed E-state index contributed by atoms with van der Waals surface area (Å²) < 4.78 is 32.5. The zero-order valence-electron chi connectivity index (χ0n) is 15.9. The molecule has 0 aromatic heterocycles. The van der Waals surface area contributed by atoms with Crippen molar-refractivity contribution in [3.63, 3.8) is 0 Å². The molecule has 26 heavy (non-hydrogen) atoms. The van der Waals surface area contributed by atoms with E-state index in [1.165, 1.54) is 63.9 Å². The molecule has 2 aromatic rings. The van der Waals surface area contributed by atoms with Gasteiger partial charge < -0.3 is 0 Å². The van der Waals surface area contributed by atoms with E-state index in [0.717, 1.165) is 23.8 Å². The minimum absolute atomic E-state index is 0.0000713. The molecule has 2 aromatic carbocycles. The van der Waals surface area contributed by atoms with Crippen LogP contribution in [-0.2, 0) is 16.5 Å². The van der Waals surface area contributed by atoms with E-state index in [4.69, 9.17) is 0 Å². The van der Waals surface area contributed by atoms with Crippen molar-refractivity contribution in [3.05, 3.63) is 42.0 Å². The summed E-state index contributed by atoms with van der Waals surface area (Å²) in [7, 11) is -4.19. The second-order valence-electron chi connectivity index (χ2n) is 7.22. The molecule has 0 saturated carbocycles. The van der Waals surface area contributed by atoms with Crippen LogP contribution in [0.25, 0.3) is 10.8 Å². The maximum Gasteiger partial charge on any atom is 0.295 e. The van der Waals surface area contributed by atoms with E-state index in [9.17, 15) is 13.0 Å². The average Bonchev–Trinajstić information content (AvgIpc) is 2.62. The molecule has 0 saturated heterocycles. The van der Waals surface area contributed by atoms with Crippen LogP contribution in [0.5, 0.6) is 0 Å². The third kappa shape index (κ3) is 6.73. The Morgan fingerprint density at radius 2 is 1.42 bits per heavy atom. The zero-order valence-corrected chi connectivity index (χ0v) is 16.7. The first-order valence-electron chi connectivity index (χ1n) is 10.0. The fourth-order valence-electron chi connectivity index (χ4n) is 3.49. The van der Waals surface area contributed by atoms with Crippen molar-refractivity contribution in [1.29, 1.82) is 0 Å². The summed E-state index contributed by atoms with van der Waals surface area (Å²) in [5.74, 6) is 0. The number of rotatable bonds is 12. The first-order valence-corrected chi connectivity index (χ1v) is 11.5. The highest BCUT2D eigenvalue weighted by Crippen LogP contribution is 2.25. The Bertz CT molecular complexity index is 781. The van der Waals surface area contributed by atoms with Crippen molar-refractivity contribution in [2.75, 3.05) is 0 Å². The monoisotopic (exact) mass is 376 g/mol. The molecule has 3 nitrogen and oxygen atoms in total. The van der Waals surface area contributed by atoms with Gasteiger partial charge in [0.05, 0.1) is 0 Å². The SMILES string of the molecule is CCCCCCCCCCCCc1ccc2cccc(S(=O)(=O)O)c2c1. The standard InChI is InChI=1S/C22H32O3S/c1-2-3-4-5-6-7-8-9-10-11-13-19-16-17-20-14-12-15-22(21(20)18-19)26(23,24)25/h12,14-18H,2-11,13H2,1H3,(H,23,24,25). The largest absolute Gasteiger partial charge is 0.295 e. The summed E-state index contributed by atoms with van der Waals surface area (Å²) in [5.41, 5.74) is 1.13. The Morgan fingerprint density at radius 3 is 2.04 bits per heavy atom. The summed E-state index contributed by atoms with van der Waals surface area (Å²) in [6.07, 6.45) is 14.0. The van der Waals surface area contributed by atoms with E-state index >= 15 is 0 Å². The molecule has 4 heteroatoms. The lowest BCUT2D eigenvalue weighted by atomic mass is 10.0. The van der Waals surface area contributed by atoms with Gasteiger partial charge in [-0.15, -0.1) is 0 Å². The fraction of sp³-hybridized carbons (Fsp3) is 0.545. The molecular formula is C22H32O3S. The number of hydrogen-bond donors (Lipinski definition) is 1. The van der Waals surface area contributed by atoms with Crippen molar-refractivity contribution in [2.45, 2.75) is 82.4 Å². The summed E-state index contributed by atoms with van der Waals surface area (Å²) in [6, 6.07) is 10.9. The van der Waals surface area contributed by atoms with Gasteiger partial charge in [0.15, 0.2) is 0 Å². The minimum Gasteiger partial charge on any atom is -0.282 e. The number of unbranched alkanes of at least 4 members (excludes halogenated alkanes) is 9. The van der Waals surface area contributed by atoms with Gasteiger partial charge in [0.1, 0.15) is 4.90 Å². The first kappa shape index (κ1) is 20.9. The Balaban J connectivity index is 1.77. The Labute approximate surface area is 158 Å². The Kier molecular flexibility index (Phi) is 8.60. The summed E-state index contributed by atoms with van der Waals surface area (Å²) >= 11 is 0. The van der Waals surface area contributed by atoms with Crippen LogP contribution in [-0.4, -0.2) is 13.0 Å². The predicted octanol–water partition coefficient (Wildman–Crippen LogP) is 6.55. The fourth-order valence-corrected chi connectivity index (χ4v) is 4.19. The summed E-state index contributed by atoms with van der Waals surface area (Å²) in [4.78, 5) is -0.0000713. The van der Waals surface area contributed by atoms with Gasteiger partial charge in [-0.3, -0.25) is 4.55 Å². The van der Waals surface area contributed by atoms with Gasteiger partial charge in [-0.05, 0) is 35.9 Å². The predicted molar refractivity (Wildman–Crippen MR) is 109 cm³/mol. The molecule has 0 atom stereocenters. The van der Waals surface area contributed by atoms with E-state index in [1.54, 1.807) is 6.07 Å². The van der Waals surface area contributed by atoms with Crippen molar-refractivity contribution in [3.8, 4) is 0 Å². The van der Waals surface area contributed by atoms with Gasteiger partial charge in [-0.2, -0.15) is 8.42 Å². The molecular weight excluding hydrogens is 344 g/mol. The maximum absolute atomic E-state index is 11.6. The lowest BCUT2D eigenvalue weighted by Gasteiger charge is -2.07. The number of fused-ring (bicyclic) bond motifs is 1. The average molecular weight is 377 g/mol. The van der Waals surface area contributed by atoms with Crippen molar-refractivity contribution in [1.82, 2.24) is 0 Å². The van der Waals surface area contributed by atoms with Crippen LogP contribution >= 0.6 is 0 Å². The normalized spacial score (nSPS) is 11.9. The highest BCUT2D eigenvalue weighted by Gasteiger charge is 2.13. The molecule has 0 aliphatic rings. The first-order chi connectivity index (χ1) is 12.5. The van der Waals surface area contributed by atoms with Gasteiger partial charge in [0.25, 0.3) is 10.1 Å². The second-order valence-corrected chi connectivity index (χ2v) is 8.61. The van der Waals surface area contributed by atoms with Crippen LogP contribution in [0.3, 0.4) is 0 Å². The molecule has 0 amide bonds. The number of aryl methyl sites for hydroxylation is 1.